The average Bonchev–Trinajstić information content (AvgIpc) is 3.14. The second-order valence-corrected chi connectivity index (χ2v) is 8.27. The van der Waals surface area contributed by atoms with Gasteiger partial charge in [-0.25, -0.2) is 14.2 Å². The number of benzene rings is 3. The summed E-state index contributed by atoms with van der Waals surface area (Å²) >= 11 is 6.01. The first kappa shape index (κ1) is 22.8. The third-order valence-corrected chi connectivity index (χ3v) is 5.76. The van der Waals surface area contributed by atoms with Gasteiger partial charge in [0.05, 0.1) is 28.9 Å². The number of hydrogen-bond acceptors (Lipinski definition) is 2. The summed E-state index contributed by atoms with van der Waals surface area (Å²) in [5.74, 6) is -1.19. The van der Waals surface area contributed by atoms with Crippen LogP contribution in [0.5, 0.6) is 0 Å². The van der Waals surface area contributed by atoms with Crippen LogP contribution in [0.25, 0.3) is 0 Å². The number of hydrogen-bond donors (Lipinski definition) is 1. The fourth-order valence-electron chi connectivity index (χ4n) is 3.75. The number of halogens is 5. The first-order chi connectivity index (χ1) is 15.6. The molecule has 2 amide bonds. The molecule has 0 spiro atoms. The molecule has 1 heterocycles. The molecule has 1 aliphatic heterocycles. The molecular weight excluding hydrogens is 458 g/mol. The van der Waals surface area contributed by atoms with Gasteiger partial charge in [0.2, 0.25) is 0 Å². The number of hydrazone groups is 1. The van der Waals surface area contributed by atoms with Crippen molar-refractivity contribution in [2.24, 2.45) is 5.10 Å². The van der Waals surface area contributed by atoms with Gasteiger partial charge in [0.15, 0.2) is 0 Å². The zero-order valence-electron chi connectivity index (χ0n) is 17.3. The average molecular weight is 476 g/mol. The second-order valence-electron chi connectivity index (χ2n) is 7.83. The van der Waals surface area contributed by atoms with E-state index in [1.165, 1.54) is 0 Å². The Kier molecular flexibility index (Phi) is 5.88. The highest BCUT2D eigenvalue weighted by atomic mass is 35.5. The Labute approximate surface area is 192 Å². The van der Waals surface area contributed by atoms with Gasteiger partial charge in [-0.3, -0.25) is 0 Å². The van der Waals surface area contributed by atoms with Crippen LogP contribution < -0.4 is 5.32 Å². The lowest BCUT2D eigenvalue weighted by molar-refractivity contribution is -0.137. The number of nitrogens with one attached hydrogen (secondary N) is 1. The molecule has 170 valence electrons. The van der Waals surface area contributed by atoms with Crippen molar-refractivity contribution in [1.29, 1.82) is 0 Å². The highest BCUT2D eigenvalue weighted by Crippen LogP contribution is 2.36. The molecule has 0 radical (unpaired) electrons. The number of urea groups is 1. The molecule has 1 unspecified atom stereocenters. The standard InChI is InChI=1S/C24H18ClF4N3O/c1-23(16-5-3-2-4-6-16)14-32(31-21(23)15-7-10-18(25)11-8-15)22(33)30-20-12-9-17(13-19(20)26)24(27,28)29/h2-13H,14H2,1H3,(H,30,33). The molecule has 4 nitrogen and oxygen atoms in total. The number of carbonyl (C=O) groups is 1. The van der Waals surface area contributed by atoms with E-state index in [1.807, 2.05) is 37.3 Å². The zero-order valence-corrected chi connectivity index (χ0v) is 18.1. The summed E-state index contributed by atoms with van der Waals surface area (Å²) in [4.78, 5) is 12.9. The van der Waals surface area contributed by atoms with Crippen molar-refractivity contribution < 1.29 is 22.4 Å². The van der Waals surface area contributed by atoms with Crippen molar-refractivity contribution in [2.45, 2.75) is 18.5 Å². The summed E-state index contributed by atoms with van der Waals surface area (Å²) in [6.07, 6.45) is -4.69. The normalized spacial score (nSPS) is 18.2. The number of nitrogens with zero attached hydrogens (tertiary/aromatic N) is 2. The summed E-state index contributed by atoms with van der Waals surface area (Å²) < 4.78 is 52.6. The number of anilines is 1. The van der Waals surface area contributed by atoms with Crippen molar-refractivity contribution in [3.05, 3.63) is 100 Å². The quantitative estimate of drug-likeness (QED) is 0.420. The van der Waals surface area contributed by atoms with E-state index in [9.17, 15) is 22.4 Å². The van der Waals surface area contributed by atoms with Gasteiger partial charge in [0.25, 0.3) is 0 Å². The Balaban J connectivity index is 1.65. The van der Waals surface area contributed by atoms with Crippen LogP contribution in [-0.2, 0) is 11.6 Å². The maximum absolute atomic E-state index is 14.2. The van der Waals surface area contributed by atoms with Crippen molar-refractivity contribution in [3.63, 3.8) is 0 Å². The van der Waals surface area contributed by atoms with E-state index >= 15 is 0 Å². The SMILES string of the molecule is CC1(c2ccccc2)CN(C(=O)Nc2ccc(C(F)(F)F)cc2F)N=C1c1ccc(Cl)cc1. The molecule has 0 aromatic heterocycles. The van der Waals surface area contributed by atoms with Crippen LogP contribution in [0.3, 0.4) is 0 Å². The molecular formula is C24H18ClF4N3O. The number of rotatable bonds is 3. The second kappa shape index (κ2) is 8.51. The highest BCUT2D eigenvalue weighted by Gasteiger charge is 2.43. The van der Waals surface area contributed by atoms with Crippen LogP contribution >= 0.6 is 11.6 Å². The lowest BCUT2D eigenvalue weighted by atomic mass is 9.76. The molecule has 3 aromatic carbocycles. The maximum atomic E-state index is 14.2. The summed E-state index contributed by atoms with van der Waals surface area (Å²) in [5.41, 5.74) is 0.0683. The molecule has 1 aliphatic rings. The van der Waals surface area contributed by atoms with E-state index in [2.05, 4.69) is 10.4 Å². The molecule has 0 aliphatic carbocycles. The minimum atomic E-state index is -4.69. The molecule has 1 N–H and O–H groups in total. The third kappa shape index (κ3) is 4.57. The van der Waals surface area contributed by atoms with Gasteiger partial charge in [-0.1, -0.05) is 54.1 Å². The van der Waals surface area contributed by atoms with Gasteiger partial charge in [-0.2, -0.15) is 18.3 Å². The lowest BCUT2D eigenvalue weighted by Gasteiger charge is -2.27. The van der Waals surface area contributed by atoms with Crippen LogP contribution in [0.4, 0.5) is 28.0 Å². The summed E-state index contributed by atoms with van der Waals surface area (Å²) in [6, 6.07) is 17.6. The van der Waals surface area contributed by atoms with Crippen molar-refractivity contribution in [2.75, 3.05) is 11.9 Å². The maximum Gasteiger partial charge on any atom is 0.416 e. The van der Waals surface area contributed by atoms with E-state index < -0.39 is 29.0 Å². The van der Waals surface area contributed by atoms with Gasteiger partial charge in [-0.15, -0.1) is 0 Å². The predicted molar refractivity (Wildman–Crippen MR) is 119 cm³/mol. The smallest absolute Gasteiger partial charge is 0.304 e. The van der Waals surface area contributed by atoms with Gasteiger partial charge in [-0.05, 0) is 48.4 Å². The molecule has 33 heavy (non-hydrogen) atoms. The number of carbonyl (C=O) groups excluding carboxylic acids is 1. The van der Waals surface area contributed by atoms with E-state index in [0.29, 0.717) is 22.9 Å². The highest BCUT2D eigenvalue weighted by molar-refractivity contribution is 6.30. The van der Waals surface area contributed by atoms with Crippen LogP contribution in [0.1, 0.15) is 23.6 Å². The predicted octanol–water partition coefficient (Wildman–Crippen LogP) is 6.71. The van der Waals surface area contributed by atoms with E-state index in [1.54, 1.807) is 24.3 Å². The summed E-state index contributed by atoms with van der Waals surface area (Å²) in [7, 11) is 0. The van der Waals surface area contributed by atoms with E-state index in [-0.39, 0.29) is 12.2 Å². The van der Waals surface area contributed by atoms with Crippen molar-refractivity contribution >= 4 is 29.0 Å². The monoisotopic (exact) mass is 475 g/mol. The Bertz CT molecular complexity index is 1210. The van der Waals surface area contributed by atoms with Crippen molar-refractivity contribution in [1.82, 2.24) is 5.01 Å². The first-order valence-electron chi connectivity index (χ1n) is 9.94. The Morgan fingerprint density at radius 1 is 1.06 bits per heavy atom. The molecule has 0 saturated carbocycles. The number of amides is 2. The molecule has 0 bridgehead atoms. The van der Waals surface area contributed by atoms with Crippen LogP contribution in [0.2, 0.25) is 5.02 Å². The van der Waals surface area contributed by atoms with Crippen LogP contribution in [-0.4, -0.2) is 23.3 Å². The minimum Gasteiger partial charge on any atom is -0.304 e. The lowest BCUT2D eigenvalue weighted by Crippen LogP contribution is -2.38. The molecule has 0 fully saturated rings. The molecule has 0 saturated heterocycles. The summed E-state index contributed by atoms with van der Waals surface area (Å²) in [6.45, 7) is 2.07. The molecule has 1 atom stereocenters. The topological polar surface area (TPSA) is 44.7 Å². The van der Waals surface area contributed by atoms with Gasteiger partial charge in [0, 0.05) is 5.02 Å². The van der Waals surface area contributed by atoms with Gasteiger partial charge in [0.1, 0.15) is 5.82 Å². The Morgan fingerprint density at radius 2 is 1.73 bits per heavy atom. The van der Waals surface area contributed by atoms with Gasteiger partial charge >= 0.3 is 12.2 Å². The zero-order chi connectivity index (χ0) is 23.8. The van der Waals surface area contributed by atoms with E-state index in [4.69, 9.17) is 11.6 Å². The van der Waals surface area contributed by atoms with Crippen LogP contribution in [0, 0.1) is 5.82 Å². The first-order valence-corrected chi connectivity index (χ1v) is 10.3. The Hall–Kier alpha value is -3.39. The summed E-state index contributed by atoms with van der Waals surface area (Å²) in [5, 5.41) is 8.50. The molecule has 3 aromatic rings. The largest absolute Gasteiger partial charge is 0.416 e. The minimum absolute atomic E-state index is 0.142. The third-order valence-electron chi connectivity index (χ3n) is 5.51. The Morgan fingerprint density at radius 3 is 2.33 bits per heavy atom. The van der Waals surface area contributed by atoms with Gasteiger partial charge < -0.3 is 5.32 Å². The fraction of sp³-hybridized carbons (Fsp3) is 0.167. The molecule has 4 rings (SSSR count). The molecule has 9 heteroatoms. The number of alkyl halides is 3. The fourth-order valence-corrected chi connectivity index (χ4v) is 3.87. The van der Waals surface area contributed by atoms with E-state index in [0.717, 1.165) is 22.2 Å². The van der Waals surface area contributed by atoms with Crippen LogP contribution in [0.15, 0.2) is 77.9 Å². The van der Waals surface area contributed by atoms with Crippen molar-refractivity contribution in [3.8, 4) is 0 Å².